The van der Waals surface area contributed by atoms with Gasteiger partial charge in [0.25, 0.3) is 0 Å². The second kappa shape index (κ2) is 6.47. The molecule has 4 aliphatic carbocycles. The number of hydrazone groups is 1. The van der Waals surface area contributed by atoms with E-state index in [1.807, 2.05) is 0 Å². The highest BCUT2D eigenvalue weighted by molar-refractivity contribution is 5.87. The van der Waals surface area contributed by atoms with E-state index in [9.17, 15) is 9.90 Å². The third-order valence-corrected chi connectivity index (χ3v) is 9.73. The normalized spacial score (nSPS) is 50.6. The first-order chi connectivity index (χ1) is 12.7. The molecule has 4 fully saturated rings. The van der Waals surface area contributed by atoms with Gasteiger partial charge in [0.15, 0.2) is 0 Å². The standard InChI is InChI=1S/C22H37N3O2/c1-4-22(27)12-9-18-16-6-5-14-13-15(24-25-19(23)26)7-10-20(14,2)17(16)8-11-21(18,22)3/h14,16-18,27H,4-13H2,1-3H3,(H3,23,25,26)/b24-15+/t14-,16+,17+,18-,20-,21-,22-/m0/s1. The molecule has 0 aromatic carbocycles. The van der Waals surface area contributed by atoms with Gasteiger partial charge in [0, 0.05) is 5.71 Å². The van der Waals surface area contributed by atoms with Crippen molar-refractivity contribution in [2.24, 2.45) is 45.3 Å². The Morgan fingerprint density at radius 3 is 2.63 bits per heavy atom. The van der Waals surface area contributed by atoms with Gasteiger partial charge >= 0.3 is 6.03 Å². The van der Waals surface area contributed by atoms with Crippen LogP contribution in [-0.2, 0) is 0 Å². The third-order valence-electron chi connectivity index (χ3n) is 9.73. The van der Waals surface area contributed by atoms with Crippen LogP contribution in [0.25, 0.3) is 0 Å². The van der Waals surface area contributed by atoms with Gasteiger partial charge in [-0.15, -0.1) is 0 Å². The van der Waals surface area contributed by atoms with E-state index in [1.54, 1.807) is 0 Å². The predicted molar refractivity (Wildman–Crippen MR) is 107 cm³/mol. The summed E-state index contributed by atoms with van der Waals surface area (Å²) in [5, 5.41) is 15.6. The first-order valence-corrected chi connectivity index (χ1v) is 11.1. The van der Waals surface area contributed by atoms with Crippen molar-refractivity contribution in [3.05, 3.63) is 0 Å². The van der Waals surface area contributed by atoms with Crippen molar-refractivity contribution in [2.75, 3.05) is 0 Å². The highest BCUT2D eigenvalue weighted by atomic mass is 16.3. The van der Waals surface area contributed by atoms with E-state index in [0.717, 1.165) is 43.2 Å². The molecule has 0 bridgehead atoms. The maximum Gasteiger partial charge on any atom is 0.332 e. The quantitative estimate of drug-likeness (QED) is 0.632. The Labute approximate surface area is 163 Å². The summed E-state index contributed by atoms with van der Waals surface area (Å²) in [7, 11) is 0. The average molecular weight is 376 g/mol. The van der Waals surface area contributed by atoms with Crippen LogP contribution < -0.4 is 11.2 Å². The van der Waals surface area contributed by atoms with Gasteiger partial charge in [0.05, 0.1) is 5.60 Å². The Morgan fingerprint density at radius 2 is 1.93 bits per heavy atom. The number of hydrogen-bond acceptors (Lipinski definition) is 3. The largest absolute Gasteiger partial charge is 0.389 e. The van der Waals surface area contributed by atoms with Crippen molar-refractivity contribution in [1.29, 1.82) is 0 Å². The zero-order chi connectivity index (χ0) is 19.4. The first-order valence-electron chi connectivity index (χ1n) is 11.1. The maximum atomic E-state index is 11.3. The van der Waals surface area contributed by atoms with E-state index in [2.05, 4.69) is 31.3 Å². The molecule has 0 unspecified atom stereocenters. The molecule has 7 atom stereocenters. The fraction of sp³-hybridized carbons (Fsp3) is 0.909. The second-order valence-corrected chi connectivity index (χ2v) is 10.4. The molecule has 5 nitrogen and oxygen atoms in total. The summed E-state index contributed by atoms with van der Waals surface area (Å²) < 4.78 is 0. The molecule has 4 saturated carbocycles. The molecule has 2 amide bonds. The van der Waals surface area contributed by atoms with Crippen molar-refractivity contribution in [1.82, 2.24) is 5.43 Å². The molecule has 4 rings (SSSR count). The van der Waals surface area contributed by atoms with Crippen LogP contribution in [0.3, 0.4) is 0 Å². The lowest BCUT2D eigenvalue weighted by molar-refractivity contribution is -0.147. The minimum absolute atomic E-state index is 0.110. The molecule has 0 spiro atoms. The molecule has 152 valence electrons. The van der Waals surface area contributed by atoms with Crippen LogP contribution in [0, 0.1) is 34.5 Å². The van der Waals surface area contributed by atoms with E-state index < -0.39 is 11.6 Å². The number of nitrogens with two attached hydrogens (primary N) is 1. The summed E-state index contributed by atoms with van der Waals surface area (Å²) in [6, 6.07) is -0.573. The van der Waals surface area contributed by atoms with Crippen LogP contribution in [0.2, 0.25) is 0 Å². The molecule has 0 aliphatic heterocycles. The van der Waals surface area contributed by atoms with Crippen molar-refractivity contribution in [2.45, 2.75) is 90.6 Å². The number of fused-ring (bicyclic) bond motifs is 5. The van der Waals surface area contributed by atoms with Crippen molar-refractivity contribution in [3.8, 4) is 0 Å². The Kier molecular flexibility index (Phi) is 4.60. The number of carbonyl (C=O) groups is 1. The van der Waals surface area contributed by atoms with Crippen molar-refractivity contribution in [3.63, 3.8) is 0 Å². The zero-order valence-electron chi connectivity index (χ0n) is 17.3. The lowest BCUT2D eigenvalue weighted by Crippen LogP contribution is -2.56. The van der Waals surface area contributed by atoms with Gasteiger partial charge in [0.2, 0.25) is 0 Å². The number of carbonyl (C=O) groups excluding carboxylic acids is 1. The van der Waals surface area contributed by atoms with E-state index in [-0.39, 0.29) is 5.41 Å². The number of primary amides is 1. The van der Waals surface area contributed by atoms with Crippen LogP contribution in [-0.4, -0.2) is 22.5 Å². The Morgan fingerprint density at radius 1 is 1.19 bits per heavy atom. The van der Waals surface area contributed by atoms with E-state index in [4.69, 9.17) is 5.73 Å². The van der Waals surface area contributed by atoms with Gasteiger partial charge in [-0.05, 0) is 98.7 Å². The summed E-state index contributed by atoms with van der Waals surface area (Å²) >= 11 is 0. The van der Waals surface area contributed by atoms with Crippen molar-refractivity contribution >= 4 is 11.7 Å². The van der Waals surface area contributed by atoms with Gasteiger partial charge in [-0.25, -0.2) is 10.2 Å². The van der Waals surface area contributed by atoms with Crippen LogP contribution in [0.4, 0.5) is 4.79 Å². The average Bonchev–Trinajstić information content (AvgIpc) is 2.91. The molecule has 0 saturated heterocycles. The van der Waals surface area contributed by atoms with Crippen LogP contribution in [0.1, 0.15) is 85.0 Å². The minimum Gasteiger partial charge on any atom is -0.389 e. The molecule has 0 heterocycles. The summed E-state index contributed by atoms with van der Waals surface area (Å²) in [6.45, 7) is 7.08. The summed E-state index contributed by atoms with van der Waals surface area (Å²) in [5.41, 5.74) is 8.75. The Balaban J connectivity index is 1.54. The van der Waals surface area contributed by atoms with Gasteiger partial charge in [0.1, 0.15) is 0 Å². The Bertz CT molecular complexity index is 649. The monoisotopic (exact) mass is 375 g/mol. The van der Waals surface area contributed by atoms with Crippen LogP contribution >= 0.6 is 0 Å². The summed E-state index contributed by atoms with van der Waals surface area (Å²) in [4.78, 5) is 11.0. The SMILES string of the molecule is CC[C@]1(O)CC[C@H]2[C@@H]3CC[C@H]4C/C(=N/NC(N)=O)CC[C@]4(C)[C@@H]3CC[C@@]21C. The summed E-state index contributed by atoms with van der Waals surface area (Å²) in [6.07, 6.45) is 11.2. The highest BCUT2D eigenvalue weighted by Crippen LogP contribution is 2.68. The van der Waals surface area contributed by atoms with Crippen molar-refractivity contribution < 1.29 is 9.90 Å². The fourth-order valence-electron chi connectivity index (χ4n) is 7.99. The molecule has 5 heteroatoms. The Hall–Kier alpha value is -1.10. The second-order valence-electron chi connectivity index (χ2n) is 10.4. The molecule has 0 radical (unpaired) electrons. The number of aliphatic hydroxyl groups is 1. The molecular weight excluding hydrogens is 338 g/mol. The molecule has 0 aromatic heterocycles. The number of urea groups is 1. The fourth-order valence-corrected chi connectivity index (χ4v) is 7.99. The minimum atomic E-state index is -0.573. The maximum absolute atomic E-state index is 11.3. The van der Waals surface area contributed by atoms with Gasteiger partial charge in [-0.2, -0.15) is 5.10 Å². The predicted octanol–water partition coefficient (Wildman–Crippen LogP) is 4.19. The number of amides is 2. The first kappa shape index (κ1) is 19.2. The van der Waals surface area contributed by atoms with Gasteiger partial charge in [-0.3, -0.25) is 0 Å². The number of hydrogen-bond donors (Lipinski definition) is 3. The number of nitrogens with zero attached hydrogens (tertiary/aromatic N) is 1. The van der Waals surface area contributed by atoms with Gasteiger partial charge < -0.3 is 10.8 Å². The molecular formula is C22H37N3O2. The highest BCUT2D eigenvalue weighted by Gasteiger charge is 2.63. The van der Waals surface area contributed by atoms with E-state index in [0.29, 0.717) is 17.3 Å². The number of nitrogens with one attached hydrogen (secondary N) is 1. The lowest BCUT2D eigenvalue weighted by Gasteiger charge is -2.61. The van der Waals surface area contributed by atoms with Gasteiger partial charge in [-0.1, -0.05) is 20.8 Å². The zero-order valence-corrected chi connectivity index (χ0v) is 17.3. The third kappa shape index (κ3) is 2.75. The topological polar surface area (TPSA) is 87.7 Å². The van der Waals surface area contributed by atoms with E-state index >= 15 is 0 Å². The molecule has 27 heavy (non-hydrogen) atoms. The smallest absolute Gasteiger partial charge is 0.332 e. The molecule has 4 aliphatic rings. The lowest BCUT2D eigenvalue weighted by atomic mass is 9.44. The summed E-state index contributed by atoms with van der Waals surface area (Å²) in [5.74, 6) is 2.90. The molecule has 4 N–H and O–H groups in total. The van der Waals surface area contributed by atoms with Crippen LogP contribution in [0.5, 0.6) is 0 Å². The number of rotatable bonds is 2. The van der Waals surface area contributed by atoms with Crippen LogP contribution in [0.15, 0.2) is 5.10 Å². The molecule has 0 aromatic rings. The van der Waals surface area contributed by atoms with E-state index in [1.165, 1.54) is 38.5 Å².